The zero-order chi connectivity index (χ0) is 18.1. The summed E-state index contributed by atoms with van der Waals surface area (Å²) in [6.07, 6.45) is 3.29. The molecule has 130 valence electrons. The number of esters is 1. The zero-order valence-corrected chi connectivity index (χ0v) is 13.6. The average Bonchev–Trinajstić information content (AvgIpc) is 3.09. The minimum atomic E-state index is -0.697. The number of anilines is 2. The average molecular weight is 350 g/mol. The Labute approximate surface area is 148 Å². The largest absolute Gasteiger partial charge is 0.451 e. The first-order chi connectivity index (χ1) is 12.6. The number of hydrogen-bond acceptors (Lipinski definition) is 5. The second kappa shape index (κ2) is 6.32. The van der Waals surface area contributed by atoms with E-state index in [4.69, 9.17) is 4.74 Å². The summed E-state index contributed by atoms with van der Waals surface area (Å²) in [5.41, 5.74) is 1.83. The van der Waals surface area contributed by atoms with Gasteiger partial charge in [-0.2, -0.15) is 0 Å². The molecule has 3 heterocycles. The fraction of sp³-hybridized carbons (Fsp3) is 0.111. The van der Waals surface area contributed by atoms with Crippen LogP contribution in [0.4, 0.5) is 11.4 Å². The van der Waals surface area contributed by atoms with Crippen molar-refractivity contribution in [1.29, 1.82) is 0 Å². The van der Waals surface area contributed by atoms with E-state index in [1.165, 1.54) is 11.1 Å². The predicted molar refractivity (Wildman–Crippen MR) is 92.9 cm³/mol. The van der Waals surface area contributed by atoms with Crippen LogP contribution >= 0.6 is 0 Å². The van der Waals surface area contributed by atoms with E-state index in [0.717, 1.165) is 0 Å². The van der Waals surface area contributed by atoms with Gasteiger partial charge in [-0.1, -0.05) is 18.2 Å². The molecule has 0 saturated carbocycles. The van der Waals surface area contributed by atoms with Gasteiger partial charge in [0.25, 0.3) is 5.91 Å². The van der Waals surface area contributed by atoms with Gasteiger partial charge in [0.15, 0.2) is 12.3 Å². The Morgan fingerprint density at radius 3 is 2.81 bits per heavy atom. The molecule has 0 fully saturated rings. The van der Waals surface area contributed by atoms with Crippen molar-refractivity contribution in [2.45, 2.75) is 0 Å². The van der Waals surface area contributed by atoms with Crippen molar-refractivity contribution in [3.05, 3.63) is 60.6 Å². The predicted octanol–water partition coefficient (Wildman–Crippen LogP) is 1.48. The van der Waals surface area contributed by atoms with Crippen molar-refractivity contribution < 1.29 is 19.1 Å². The van der Waals surface area contributed by atoms with Gasteiger partial charge in [-0.25, -0.2) is 9.78 Å². The maximum absolute atomic E-state index is 12.5. The number of nitrogens with zero attached hydrogens (tertiary/aromatic N) is 3. The van der Waals surface area contributed by atoms with E-state index < -0.39 is 18.5 Å². The second-order valence-electron chi connectivity index (χ2n) is 5.71. The Hall–Kier alpha value is -3.68. The summed E-state index contributed by atoms with van der Waals surface area (Å²) >= 11 is 0. The van der Waals surface area contributed by atoms with Gasteiger partial charge in [-0.15, -0.1) is 0 Å². The van der Waals surface area contributed by atoms with E-state index in [1.54, 1.807) is 47.0 Å². The smallest absolute Gasteiger partial charge is 0.359 e. The molecule has 4 rings (SSSR count). The number of imidazole rings is 1. The zero-order valence-electron chi connectivity index (χ0n) is 13.6. The minimum absolute atomic E-state index is 0.112. The summed E-state index contributed by atoms with van der Waals surface area (Å²) in [4.78, 5) is 41.8. The van der Waals surface area contributed by atoms with E-state index in [1.807, 2.05) is 6.07 Å². The van der Waals surface area contributed by atoms with Gasteiger partial charge in [0.2, 0.25) is 5.91 Å². The molecule has 0 atom stereocenters. The number of rotatable bonds is 3. The third-order valence-corrected chi connectivity index (χ3v) is 3.97. The molecule has 8 nitrogen and oxygen atoms in total. The Morgan fingerprint density at radius 1 is 1.15 bits per heavy atom. The van der Waals surface area contributed by atoms with Gasteiger partial charge in [-0.3, -0.25) is 14.5 Å². The highest BCUT2D eigenvalue weighted by atomic mass is 16.5. The lowest BCUT2D eigenvalue weighted by Crippen LogP contribution is -2.44. The van der Waals surface area contributed by atoms with Crippen molar-refractivity contribution in [3.63, 3.8) is 0 Å². The molecule has 1 aliphatic rings. The summed E-state index contributed by atoms with van der Waals surface area (Å²) < 4.78 is 6.77. The number of para-hydroxylation sites is 2. The first-order valence-corrected chi connectivity index (χ1v) is 7.92. The third-order valence-electron chi connectivity index (χ3n) is 3.97. The number of carbonyl (C=O) groups excluding carboxylic acids is 3. The molecule has 0 spiro atoms. The van der Waals surface area contributed by atoms with Gasteiger partial charge in [0.1, 0.15) is 12.2 Å². The van der Waals surface area contributed by atoms with Crippen LogP contribution in [0.25, 0.3) is 5.65 Å². The number of fused-ring (bicyclic) bond motifs is 2. The molecule has 1 aromatic carbocycles. The highest BCUT2D eigenvalue weighted by molar-refractivity contribution is 6.10. The van der Waals surface area contributed by atoms with E-state index in [0.29, 0.717) is 17.0 Å². The quantitative estimate of drug-likeness (QED) is 0.722. The fourth-order valence-corrected chi connectivity index (χ4v) is 2.77. The van der Waals surface area contributed by atoms with Gasteiger partial charge < -0.3 is 14.5 Å². The summed E-state index contributed by atoms with van der Waals surface area (Å²) in [7, 11) is 0. The lowest BCUT2D eigenvalue weighted by atomic mass is 10.2. The number of pyridine rings is 1. The van der Waals surface area contributed by atoms with E-state index in [2.05, 4.69) is 10.3 Å². The number of benzene rings is 1. The van der Waals surface area contributed by atoms with Crippen molar-refractivity contribution in [2.75, 3.05) is 23.4 Å². The standard InChI is InChI=1S/C18H14N4O4/c23-16-10-22(14-6-2-1-5-12(14)20-16)17(24)11-26-18(25)13-9-21-8-4-3-7-15(21)19-13/h1-9H,10-11H2,(H,20,23). The summed E-state index contributed by atoms with van der Waals surface area (Å²) in [5, 5.41) is 2.70. The number of nitrogens with one attached hydrogen (secondary N) is 1. The Balaban J connectivity index is 1.47. The molecule has 0 bridgehead atoms. The maximum atomic E-state index is 12.5. The number of aromatic nitrogens is 2. The van der Waals surface area contributed by atoms with Crippen LogP contribution in [-0.4, -0.2) is 40.3 Å². The molecule has 8 heteroatoms. The van der Waals surface area contributed by atoms with Gasteiger partial charge in [0, 0.05) is 12.4 Å². The molecule has 1 N–H and O–H groups in total. The fourth-order valence-electron chi connectivity index (χ4n) is 2.77. The molecule has 0 saturated heterocycles. The normalized spacial score (nSPS) is 13.2. The monoisotopic (exact) mass is 350 g/mol. The second-order valence-corrected chi connectivity index (χ2v) is 5.71. The highest BCUT2D eigenvalue weighted by Crippen LogP contribution is 2.28. The topological polar surface area (TPSA) is 93.0 Å². The van der Waals surface area contributed by atoms with E-state index in [9.17, 15) is 14.4 Å². The SMILES string of the molecule is O=C1CN(C(=O)COC(=O)c2cn3ccccc3n2)c2ccccc2N1. The molecule has 26 heavy (non-hydrogen) atoms. The van der Waals surface area contributed by atoms with Crippen LogP contribution in [0.5, 0.6) is 0 Å². The minimum Gasteiger partial charge on any atom is -0.451 e. The number of amides is 2. The Bertz CT molecular complexity index is 994. The van der Waals surface area contributed by atoms with Crippen LogP contribution in [0.1, 0.15) is 10.5 Å². The molecular formula is C18H14N4O4. The first kappa shape index (κ1) is 15.8. The lowest BCUT2D eigenvalue weighted by molar-refractivity contribution is -0.124. The first-order valence-electron chi connectivity index (χ1n) is 7.92. The number of carbonyl (C=O) groups is 3. The maximum Gasteiger partial charge on any atom is 0.359 e. The van der Waals surface area contributed by atoms with Crippen LogP contribution in [-0.2, 0) is 14.3 Å². The van der Waals surface area contributed by atoms with Gasteiger partial charge in [0.05, 0.1) is 11.4 Å². The Kier molecular flexibility index (Phi) is 3.85. The molecular weight excluding hydrogens is 336 g/mol. The van der Waals surface area contributed by atoms with Crippen molar-refractivity contribution in [2.24, 2.45) is 0 Å². The van der Waals surface area contributed by atoms with Crippen molar-refractivity contribution in [1.82, 2.24) is 9.38 Å². The molecule has 2 amide bonds. The van der Waals surface area contributed by atoms with Crippen LogP contribution in [0.2, 0.25) is 0 Å². The number of hydrogen-bond donors (Lipinski definition) is 1. The molecule has 0 aliphatic carbocycles. The van der Waals surface area contributed by atoms with Crippen LogP contribution in [0, 0.1) is 0 Å². The third kappa shape index (κ3) is 2.88. The van der Waals surface area contributed by atoms with Crippen LogP contribution < -0.4 is 10.2 Å². The van der Waals surface area contributed by atoms with Crippen molar-refractivity contribution >= 4 is 34.8 Å². The van der Waals surface area contributed by atoms with Gasteiger partial charge in [-0.05, 0) is 24.3 Å². The highest BCUT2D eigenvalue weighted by Gasteiger charge is 2.27. The Morgan fingerprint density at radius 2 is 1.96 bits per heavy atom. The molecule has 0 radical (unpaired) electrons. The van der Waals surface area contributed by atoms with E-state index >= 15 is 0 Å². The van der Waals surface area contributed by atoms with Crippen LogP contribution in [0.15, 0.2) is 54.9 Å². The summed E-state index contributed by atoms with van der Waals surface area (Å²) in [6, 6.07) is 12.3. The number of ether oxygens (including phenoxy) is 1. The summed E-state index contributed by atoms with van der Waals surface area (Å²) in [6.45, 7) is -0.601. The van der Waals surface area contributed by atoms with E-state index in [-0.39, 0.29) is 18.1 Å². The van der Waals surface area contributed by atoms with Crippen LogP contribution in [0.3, 0.4) is 0 Å². The molecule has 1 aliphatic heterocycles. The van der Waals surface area contributed by atoms with Crippen molar-refractivity contribution in [3.8, 4) is 0 Å². The summed E-state index contributed by atoms with van der Waals surface area (Å²) in [5.74, 6) is -1.48. The molecule has 0 unspecified atom stereocenters. The molecule has 3 aromatic rings. The molecule has 2 aromatic heterocycles. The van der Waals surface area contributed by atoms with Gasteiger partial charge >= 0.3 is 5.97 Å². The lowest BCUT2D eigenvalue weighted by Gasteiger charge is -2.28.